The van der Waals surface area contributed by atoms with Gasteiger partial charge in [0.25, 0.3) is 5.56 Å². The lowest BCUT2D eigenvalue weighted by molar-refractivity contribution is -0.143. The summed E-state index contributed by atoms with van der Waals surface area (Å²) in [7, 11) is 1.27. The first-order valence-electron chi connectivity index (χ1n) is 17.4. The molecule has 54 heavy (non-hydrogen) atoms. The summed E-state index contributed by atoms with van der Waals surface area (Å²) < 4.78 is 36.5. The molecule has 6 rings (SSSR count). The molecule has 0 radical (unpaired) electrons. The molecule has 2 heterocycles. The highest BCUT2D eigenvalue weighted by Gasteiger charge is 2.34. The predicted molar refractivity (Wildman–Crippen MR) is 209 cm³/mol. The number of hydrogen-bond donors (Lipinski definition) is 0. The lowest BCUT2D eigenvalue weighted by Gasteiger charge is -2.25. The van der Waals surface area contributed by atoms with Crippen LogP contribution in [0.3, 0.4) is 0 Å². The Kier molecular flexibility index (Phi) is 12.2. The van der Waals surface area contributed by atoms with E-state index in [1.807, 2.05) is 44.2 Å². The molecule has 0 unspecified atom stereocenters. The van der Waals surface area contributed by atoms with E-state index in [1.165, 1.54) is 23.0 Å². The van der Waals surface area contributed by atoms with Gasteiger partial charge in [0, 0.05) is 0 Å². The maximum atomic E-state index is 14.4. The molecule has 1 aromatic heterocycles. The maximum Gasteiger partial charge on any atom is 0.343 e. The van der Waals surface area contributed by atoms with Crippen molar-refractivity contribution in [1.82, 2.24) is 4.57 Å². The highest BCUT2D eigenvalue weighted by molar-refractivity contribution is 9.10. The number of hydrogen-bond acceptors (Lipinski definition) is 11. The Hall–Kier alpha value is -5.40. The number of methoxy groups -OCH3 is 1. The average molecular weight is 816 g/mol. The molecule has 0 N–H and O–H groups in total. The first kappa shape index (κ1) is 38.3. The van der Waals surface area contributed by atoms with Gasteiger partial charge in [-0.25, -0.2) is 14.6 Å². The second-order valence-electron chi connectivity index (χ2n) is 12.0. The molecule has 0 spiro atoms. The number of carbonyl (C=O) groups excluding carboxylic acids is 2. The van der Waals surface area contributed by atoms with E-state index < -0.39 is 18.0 Å². The molecule has 1 atom stereocenters. The first-order chi connectivity index (χ1) is 26.1. The van der Waals surface area contributed by atoms with Crippen molar-refractivity contribution in [3.05, 3.63) is 125 Å². The smallest absolute Gasteiger partial charge is 0.343 e. The van der Waals surface area contributed by atoms with Gasteiger partial charge >= 0.3 is 11.9 Å². The van der Waals surface area contributed by atoms with E-state index in [4.69, 9.17) is 33.4 Å². The van der Waals surface area contributed by atoms with Gasteiger partial charge in [-0.2, -0.15) is 0 Å². The molecule has 0 aliphatic carbocycles. The fourth-order valence-electron chi connectivity index (χ4n) is 6.09. The minimum Gasteiger partial charge on any atom is -0.490 e. The van der Waals surface area contributed by atoms with Crippen LogP contribution in [0, 0.1) is 0 Å². The number of carbonyl (C=O) groups is 2. The molecule has 5 aromatic rings. The Bertz CT molecular complexity index is 2440. The molecule has 0 saturated carbocycles. The third-order valence-electron chi connectivity index (χ3n) is 8.50. The van der Waals surface area contributed by atoms with Gasteiger partial charge in [0.15, 0.2) is 34.4 Å². The van der Waals surface area contributed by atoms with Crippen LogP contribution in [0.1, 0.15) is 50.4 Å². The molecule has 11 nitrogen and oxygen atoms in total. The van der Waals surface area contributed by atoms with Gasteiger partial charge in [-0.1, -0.05) is 53.8 Å². The van der Waals surface area contributed by atoms with Crippen molar-refractivity contribution in [1.29, 1.82) is 0 Å². The lowest BCUT2D eigenvalue weighted by Crippen LogP contribution is -2.40. The summed E-state index contributed by atoms with van der Waals surface area (Å²) in [5.74, 6) is 0.546. The molecule has 0 bridgehead atoms. The summed E-state index contributed by atoms with van der Waals surface area (Å²) in [6.45, 7) is 7.98. The Morgan fingerprint density at radius 2 is 1.63 bits per heavy atom. The Balaban J connectivity index is 1.40. The summed E-state index contributed by atoms with van der Waals surface area (Å²) in [6, 6.07) is 22.2. The van der Waals surface area contributed by atoms with Crippen molar-refractivity contribution in [2.75, 3.05) is 33.5 Å². The zero-order valence-electron chi connectivity index (χ0n) is 30.5. The highest BCUT2D eigenvalue weighted by atomic mass is 79.9. The summed E-state index contributed by atoms with van der Waals surface area (Å²) >= 11 is 4.88. The molecule has 0 saturated heterocycles. The quantitative estimate of drug-likeness (QED) is 0.114. The fraction of sp³-hybridized carbons (Fsp3) is 0.268. The van der Waals surface area contributed by atoms with Gasteiger partial charge in [-0.3, -0.25) is 9.36 Å². The third-order valence-corrected chi connectivity index (χ3v) is 10.1. The topological polar surface area (TPSA) is 124 Å². The number of aromatic nitrogens is 1. The van der Waals surface area contributed by atoms with E-state index in [1.54, 1.807) is 38.1 Å². The monoisotopic (exact) mass is 814 g/mol. The number of thiazole rings is 1. The van der Waals surface area contributed by atoms with Gasteiger partial charge in [-0.15, -0.1) is 0 Å². The fourth-order valence-corrected chi connectivity index (χ4v) is 7.72. The number of halogens is 1. The Morgan fingerprint density at radius 1 is 0.870 bits per heavy atom. The SMILES string of the molecule is CCOC(=O)C1=C(C)N=c2s/c(=C\c3cc(Br)c(OCc4ccc5ccccc5c4)c(OCC)c3)c(=O)n2[C@H]1c1ccc(OCC(=O)OC)c(OCC)c1. The minimum atomic E-state index is -0.895. The molecular formula is C41H39BrN2O9S. The maximum absolute atomic E-state index is 14.4. The van der Waals surface area contributed by atoms with Crippen molar-refractivity contribution < 1.29 is 38.0 Å². The van der Waals surface area contributed by atoms with Gasteiger partial charge in [0.2, 0.25) is 0 Å². The number of allylic oxidation sites excluding steroid dienone is 1. The first-order valence-corrected chi connectivity index (χ1v) is 19.0. The second-order valence-corrected chi connectivity index (χ2v) is 13.9. The Labute approximate surface area is 324 Å². The summed E-state index contributed by atoms with van der Waals surface area (Å²) in [5, 5.41) is 2.28. The van der Waals surface area contributed by atoms with E-state index >= 15 is 0 Å². The van der Waals surface area contributed by atoms with E-state index in [0.29, 0.717) is 73.4 Å². The number of fused-ring (bicyclic) bond motifs is 2. The van der Waals surface area contributed by atoms with Crippen molar-refractivity contribution in [2.24, 2.45) is 4.99 Å². The third kappa shape index (κ3) is 8.22. The van der Waals surface area contributed by atoms with E-state index in [0.717, 1.165) is 16.3 Å². The van der Waals surface area contributed by atoms with Crippen LogP contribution in [0.4, 0.5) is 0 Å². The van der Waals surface area contributed by atoms with Gasteiger partial charge < -0.3 is 28.4 Å². The number of esters is 2. The van der Waals surface area contributed by atoms with Crippen molar-refractivity contribution in [3.63, 3.8) is 0 Å². The normalized spacial score (nSPS) is 14.0. The highest BCUT2D eigenvalue weighted by Crippen LogP contribution is 2.39. The zero-order chi connectivity index (χ0) is 38.4. The Morgan fingerprint density at radius 3 is 2.37 bits per heavy atom. The van der Waals surface area contributed by atoms with Crippen molar-refractivity contribution in [2.45, 2.75) is 40.3 Å². The van der Waals surface area contributed by atoms with Gasteiger partial charge in [0.05, 0.1) is 53.2 Å². The van der Waals surface area contributed by atoms with E-state index in [-0.39, 0.29) is 24.3 Å². The molecule has 1 aliphatic heterocycles. The predicted octanol–water partition coefficient (Wildman–Crippen LogP) is 6.64. The minimum absolute atomic E-state index is 0.135. The molecule has 0 amide bonds. The van der Waals surface area contributed by atoms with Crippen LogP contribution in [0.5, 0.6) is 23.0 Å². The molecule has 4 aromatic carbocycles. The van der Waals surface area contributed by atoms with Crippen molar-refractivity contribution >= 4 is 56.1 Å². The molecule has 13 heteroatoms. The largest absolute Gasteiger partial charge is 0.490 e. The van der Waals surface area contributed by atoms with Crippen LogP contribution >= 0.6 is 27.3 Å². The lowest BCUT2D eigenvalue weighted by atomic mass is 9.95. The number of rotatable bonds is 14. The van der Waals surface area contributed by atoms with Crippen LogP contribution in [0.15, 0.2) is 98.3 Å². The van der Waals surface area contributed by atoms with Gasteiger partial charge in [-0.05, 0) is 107 Å². The number of ether oxygens (including phenoxy) is 6. The zero-order valence-corrected chi connectivity index (χ0v) is 32.9. The summed E-state index contributed by atoms with van der Waals surface area (Å²) in [6.07, 6.45) is 1.76. The summed E-state index contributed by atoms with van der Waals surface area (Å²) in [4.78, 5) is 44.7. The van der Waals surface area contributed by atoms with Crippen LogP contribution < -0.4 is 33.8 Å². The molecule has 1 aliphatic rings. The van der Waals surface area contributed by atoms with Crippen LogP contribution in [0.2, 0.25) is 0 Å². The van der Waals surface area contributed by atoms with E-state index in [9.17, 15) is 14.4 Å². The number of nitrogens with zero attached hydrogens (tertiary/aromatic N) is 2. The molecular weight excluding hydrogens is 776 g/mol. The number of benzene rings is 4. The molecule has 0 fully saturated rings. The average Bonchev–Trinajstić information content (AvgIpc) is 3.46. The van der Waals surface area contributed by atoms with E-state index in [2.05, 4.69) is 40.2 Å². The second kappa shape index (κ2) is 17.2. The van der Waals surface area contributed by atoms with Crippen molar-refractivity contribution in [3.8, 4) is 23.0 Å². The standard InChI is InChI=1S/C41H39BrN2O9S/c1-6-49-32-21-29(15-16-31(32)52-23-35(45)48-5)37-36(40(47)51-8-3)24(4)43-41-44(37)39(46)34(54-41)20-26-18-30(42)38(33(19-26)50-7-2)53-22-25-13-14-27-11-9-10-12-28(27)17-25/h9-21,37H,6-8,22-23H2,1-5H3/b34-20-/t37-/m0/s1. The molecule has 280 valence electrons. The van der Waals surface area contributed by atoms with Crippen LogP contribution in [0.25, 0.3) is 16.8 Å². The van der Waals surface area contributed by atoms with Crippen LogP contribution in [-0.2, 0) is 25.7 Å². The summed E-state index contributed by atoms with van der Waals surface area (Å²) in [5.41, 5.74) is 2.55. The van der Waals surface area contributed by atoms with Gasteiger partial charge in [0.1, 0.15) is 6.61 Å². The van der Waals surface area contributed by atoms with Crippen LogP contribution in [-0.4, -0.2) is 50.0 Å².